The molecule has 0 fully saturated rings. The molecule has 1 unspecified atom stereocenters. The number of carbonyl (C=O) groups is 3. The largest absolute Gasteiger partial charge is 0.481 e. The lowest BCUT2D eigenvalue weighted by Crippen LogP contribution is -2.28. The van der Waals surface area contributed by atoms with E-state index in [4.69, 9.17) is 5.11 Å². The van der Waals surface area contributed by atoms with E-state index in [1.165, 1.54) is 0 Å². The van der Waals surface area contributed by atoms with Crippen LogP contribution in [-0.4, -0.2) is 29.4 Å². The van der Waals surface area contributed by atoms with Crippen molar-refractivity contribution in [1.82, 2.24) is 0 Å². The molecule has 0 aliphatic rings. The Morgan fingerprint density at radius 3 is 2.33 bits per heavy atom. The van der Waals surface area contributed by atoms with Crippen LogP contribution >= 0.6 is 0 Å². The van der Waals surface area contributed by atoms with Crippen molar-refractivity contribution in [2.45, 2.75) is 13.3 Å². The number of hydrogen-bond donors (Lipinski definition) is 1. The summed E-state index contributed by atoms with van der Waals surface area (Å²) in [5.74, 6) is -4.07. The van der Waals surface area contributed by atoms with Crippen molar-refractivity contribution in [2.24, 2.45) is 5.92 Å². The molecule has 0 aliphatic heterocycles. The van der Waals surface area contributed by atoms with Crippen LogP contribution in [0.2, 0.25) is 0 Å². The normalized spacial score (nSPS) is 11.6. The number of aliphatic carboxylic acids is 1. The standard InChI is InChI=1S/C13H14O5/c1-2-18-13(17)10(12(15)16)8-11(14)9-6-4-3-5-7-9/h3-7,10H,2,8H2,1H3,(H,15,16). The maximum Gasteiger partial charge on any atom is 0.320 e. The first kappa shape index (κ1) is 13.9. The van der Waals surface area contributed by atoms with E-state index in [2.05, 4.69) is 4.74 Å². The summed E-state index contributed by atoms with van der Waals surface area (Å²) < 4.78 is 4.63. The molecule has 0 aromatic heterocycles. The smallest absolute Gasteiger partial charge is 0.320 e. The second kappa shape index (κ2) is 6.54. The molecule has 96 valence electrons. The summed E-state index contributed by atoms with van der Waals surface area (Å²) in [5.41, 5.74) is 0.382. The van der Waals surface area contributed by atoms with Crippen LogP contribution in [0.1, 0.15) is 23.7 Å². The third kappa shape index (κ3) is 3.69. The summed E-state index contributed by atoms with van der Waals surface area (Å²) in [4.78, 5) is 34.1. The molecule has 0 spiro atoms. The lowest BCUT2D eigenvalue weighted by atomic mass is 9.98. The van der Waals surface area contributed by atoms with Gasteiger partial charge in [-0.3, -0.25) is 14.4 Å². The second-order valence-electron chi connectivity index (χ2n) is 3.64. The molecular weight excluding hydrogens is 236 g/mol. The molecule has 1 N–H and O–H groups in total. The SMILES string of the molecule is CCOC(=O)C(CC(=O)c1ccccc1)C(=O)O. The molecule has 1 atom stereocenters. The van der Waals surface area contributed by atoms with Crippen LogP contribution in [0.5, 0.6) is 0 Å². The molecule has 0 amide bonds. The van der Waals surface area contributed by atoms with Crippen LogP contribution in [0, 0.1) is 5.92 Å². The minimum absolute atomic E-state index is 0.0855. The Hall–Kier alpha value is -2.17. The lowest BCUT2D eigenvalue weighted by molar-refractivity contribution is -0.158. The number of Topliss-reactive ketones (excluding diaryl/α,β-unsaturated/α-hetero) is 1. The predicted octanol–water partition coefficient (Wildman–Crippen LogP) is 1.52. The van der Waals surface area contributed by atoms with Gasteiger partial charge >= 0.3 is 11.9 Å². The minimum atomic E-state index is -1.45. The number of carbonyl (C=O) groups excluding carboxylic acids is 2. The molecule has 0 saturated carbocycles. The molecule has 0 aliphatic carbocycles. The third-order valence-electron chi connectivity index (χ3n) is 2.35. The zero-order valence-electron chi connectivity index (χ0n) is 9.96. The Morgan fingerprint density at radius 2 is 1.83 bits per heavy atom. The van der Waals surface area contributed by atoms with E-state index in [9.17, 15) is 14.4 Å². The number of carboxylic acids is 1. The van der Waals surface area contributed by atoms with Crippen molar-refractivity contribution in [3.05, 3.63) is 35.9 Å². The lowest BCUT2D eigenvalue weighted by Gasteiger charge is -2.10. The van der Waals surface area contributed by atoms with Crippen LogP contribution in [0.25, 0.3) is 0 Å². The van der Waals surface area contributed by atoms with Gasteiger partial charge < -0.3 is 9.84 Å². The number of carboxylic acid groups (broad SMARTS) is 1. The molecule has 18 heavy (non-hydrogen) atoms. The van der Waals surface area contributed by atoms with Crippen LogP contribution in [0.3, 0.4) is 0 Å². The number of ether oxygens (including phenoxy) is 1. The first-order valence-corrected chi connectivity index (χ1v) is 5.54. The number of hydrogen-bond acceptors (Lipinski definition) is 4. The van der Waals surface area contributed by atoms with E-state index in [0.717, 1.165) is 0 Å². The van der Waals surface area contributed by atoms with E-state index in [0.29, 0.717) is 5.56 Å². The monoisotopic (exact) mass is 250 g/mol. The fourth-order valence-electron chi connectivity index (χ4n) is 1.44. The molecule has 5 nitrogen and oxygen atoms in total. The van der Waals surface area contributed by atoms with E-state index < -0.39 is 30.1 Å². The van der Waals surface area contributed by atoms with Crippen molar-refractivity contribution in [3.63, 3.8) is 0 Å². The van der Waals surface area contributed by atoms with Crippen molar-refractivity contribution >= 4 is 17.7 Å². The average molecular weight is 250 g/mol. The number of rotatable bonds is 6. The summed E-state index contributed by atoms with van der Waals surface area (Å²) in [6.45, 7) is 1.66. The fraction of sp³-hybridized carbons (Fsp3) is 0.308. The summed E-state index contributed by atoms with van der Waals surface area (Å²) in [5, 5.41) is 8.91. The highest BCUT2D eigenvalue weighted by molar-refractivity contribution is 6.03. The van der Waals surface area contributed by atoms with Gasteiger partial charge in [-0.25, -0.2) is 0 Å². The van der Waals surface area contributed by atoms with Gasteiger partial charge in [0.25, 0.3) is 0 Å². The van der Waals surface area contributed by atoms with E-state index >= 15 is 0 Å². The Kier molecular flexibility index (Phi) is 5.05. The molecule has 0 heterocycles. The molecule has 0 bridgehead atoms. The van der Waals surface area contributed by atoms with Gasteiger partial charge in [-0.1, -0.05) is 30.3 Å². The van der Waals surface area contributed by atoms with Gasteiger partial charge in [-0.15, -0.1) is 0 Å². The molecule has 5 heteroatoms. The highest BCUT2D eigenvalue weighted by atomic mass is 16.5. The van der Waals surface area contributed by atoms with Crippen molar-refractivity contribution in [2.75, 3.05) is 6.61 Å². The average Bonchev–Trinajstić information content (AvgIpc) is 2.36. The van der Waals surface area contributed by atoms with Gasteiger partial charge in [-0.05, 0) is 6.92 Å². The summed E-state index contributed by atoms with van der Waals surface area (Å²) in [7, 11) is 0. The van der Waals surface area contributed by atoms with Crippen LogP contribution in [0.15, 0.2) is 30.3 Å². The first-order chi connectivity index (χ1) is 8.56. The summed E-state index contributed by atoms with van der Waals surface area (Å²) in [6.07, 6.45) is -0.391. The van der Waals surface area contributed by atoms with Gasteiger partial charge in [0.15, 0.2) is 11.7 Å². The predicted molar refractivity (Wildman–Crippen MR) is 63.1 cm³/mol. The Balaban J connectivity index is 2.76. The van der Waals surface area contributed by atoms with E-state index in [1.807, 2.05) is 0 Å². The first-order valence-electron chi connectivity index (χ1n) is 5.54. The highest BCUT2D eigenvalue weighted by Gasteiger charge is 2.30. The van der Waals surface area contributed by atoms with Crippen LogP contribution in [0.4, 0.5) is 0 Å². The topological polar surface area (TPSA) is 80.7 Å². The summed E-state index contributed by atoms with van der Waals surface area (Å²) >= 11 is 0. The fourth-order valence-corrected chi connectivity index (χ4v) is 1.44. The summed E-state index contributed by atoms with van der Waals surface area (Å²) in [6, 6.07) is 8.25. The highest BCUT2D eigenvalue weighted by Crippen LogP contribution is 2.12. The van der Waals surface area contributed by atoms with Crippen molar-refractivity contribution in [1.29, 1.82) is 0 Å². The van der Waals surface area contributed by atoms with Gasteiger partial charge in [0.1, 0.15) is 0 Å². The zero-order valence-corrected chi connectivity index (χ0v) is 9.96. The van der Waals surface area contributed by atoms with Crippen molar-refractivity contribution in [3.8, 4) is 0 Å². The Morgan fingerprint density at radius 1 is 1.22 bits per heavy atom. The minimum Gasteiger partial charge on any atom is -0.481 e. The quantitative estimate of drug-likeness (QED) is 0.470. The molecule has 0 radical (unpaired) electrons. The molecule has 1 aromatic carbocycles. The zero-order chi connectivity index (χ0) is 13.5. The number of benzene rings is 1. The maximum absolute atomic E-state index is 11.8. The van der Waals surface area contributed by atoms with Crippen LogP contribution in [-0.2, 0) is 14.3 Å². The third-order valence-corrected chi connectivity index (χ3v) is 2.35. The number of esters is 1. The molecule has 1 rings (SSSR count). The molecule has 1 aromatic rings. The number of ketones is 1. The maximum atomic E-state index is 11.8. The Labute approximate surface area is 104 Å². The van der Waals surface area contributed by atoms with Gasteiger partial charge in [0.2, 0.25) is 0 Å². The Bertz CT molecular complexity index is 438. The van der Waals surface area contributed by atoms with E-state index in [-0.39, 0.29) is 6.61 Å². The van der Waals surface area contributed by atoms with Gasteiger partial charge in [0.05, 0.1) is 6.61 Å². The second-order valence-corrected chi connectivity index (χ2v) is 3.64. The van der Waals surface area contributed by atoms with Gasteiger partial charge in [-0.2, -0.15) is 0 Å². The van der Waals surface area contributed by atoms with Gasteiger partial charge in [0, 0.05) is 12.0 Å². The molecule has 0 saturated heterocycles. The van der Waals surface area contributed by atoms with Crippen molar-refractivity contribution < 1.29 is 24.2 Å². The molecular formula is C13H14O5. The van der Waals surface area contributed by atoms with E-state index in [1.54, 1.807) is 37.3 Å². The van der Waals surface area contributed by atoms with Crippen LogP contribution < -0.4 is 0 Å².